The Kier molecular flexibility index (Phi) is 4.20. The first-order valence-electron chi connectivity index (χ1n) is 7.07. The molecule has 0 spiro atoms. The predicted octanol–water partition coefficient (Wildman–Crippen LogP) is 2.16. The molecule has 23 heavy (non-hydrogen) atoms. The third-order valence-electron chi connectivity index (χ3n) is 3.35. The van der Waals surface area contributed by atoms with Gasteiger partial charge in [-0.3, -0.25) is 0 Å². The molecule has 0 bridgehead atoms. The molecule has 0 aliphatic carbocycles. The number of ether oxygens (including phenoxy) is 2. The van der Waals surface area contributed by atoms with Crippen molar-refractivity contribution in [2.75, 3.05) is 13.2 Å². The van der Waals surface area contributed by atoms with Crippen LogP contribution >= 0.6 is 0 Å². The van der Waals surface area contributed by atoms with Gasteiger partial charge in [0, 0.05) is 5.56 Å². The van der Waals surface area contributed by atoms with Crippen molar-refractivity contribution in [1.29, 1.82) is 0 Å². The molecular formula is C16H16N2O4S. The van der Waals surface area contributed by atoms with E-state index in [1.165, 1.54) is 12.1 Å². The van der Waals surface area contributed by atoms with E-state index in [0.29, 0.717) is 30.4 Å². The number of nitrogens with one attached hydrogen (secondary N) is 1. The summed E-state index contributed by atoms with van der Waals surface area (Å²) >= 11 is 0. The van der Waals surface area contributed by atoms with Gasteiger partial charge in [0.1, 0.15) is 13.2 Å². The first-order valence-corrected chi connectivity index (χ1v) is 8.56. The van der Waals surface area contributed by atoms with Crippen molar-refractivity contribution >= 4 is 15.7 Å². The number of nitrogens with zero attached hydrogens (tertiary/aromatic N) is 1. The lowest BCUT2D eigenvalue weighted by Gasteiger charge is -2.18. The summed E-state index contributed by atoms with van der Waals surface area (Å²) < 4.78 is 35.2. The summed E-state index contributed by atoms with van der Waals surface area (Å²) in [4.78, 5) is 2.41. The van der Waals surface area contributed by atoms with Crippen LogP contribution in [0, 0.1) is 0 Å². The van der Waals surface area contributed by atoms with Crippen LogP contribution in [-0.2, 0) is 10.0 Å². The standard InChI is InChI=1S/C16H16N2O4S/c1-12(13-7-8-15-16(11-13)22-10-9-21-15)17-18-23(19,20)14-5-3-2-4-6-14/h2-8,11,18H,9-10H2,1H3. The lowest BCUT2D eigenvalue weighted by Crippen LogP contribution is -2.20. The molecule has 7 heteroatoms. The fourth-order valence-corrected chi connectivity index (χ4v) is 2.99. The molecule has 3 rings (SSSR count). The Morgan fingerprint density at radius 3 is 2.48 bits per heavy atom. The highest BCUT2D eigenvalue weighted by atomic mass is 32.2. The van der Waals surface area contributed by atoms with Crippen LogP contribution in [0.15, 0.2) is 58.5 Å². The van der Waals surface area contributed by atoms with Crippen molar-refractivity contribution in [1.82, 2.24) is 4.83 Å². The number of hydrogen-bond donors (Lipinski definition) is 1. The fourth-order valence-electron chi connectivity index (χ4n) is 2.11. The topological polar surface area (TPSA) is 77.0 Å². The zero-order valence-electron chi connectivity index (χ0n) is 12.5. The molecule has 1 aliphatic heterocycles. The van der Waals surface area contributed by atoms with Gasteiger partial charge in [-0.1, -0.05) is 18.2 Å². The molecule has 2 aromatic rings. The quantitative estimate of drug-likeness (QED) is 0.687. The molecule has 1 N–H and O–H groups in total. The van der Waals surface area contributed by atoms with Crippen molar-refractivity contribution in [3.63, 3.8) is 0 Å². The van der Waals surface area contributed by atoms with Gasteiger partial charge >= 0.3 is 0 Å². The van der Waals surface area contributed by atoms with Gasteiger partial charge in [-0.2, -0.15) is 18.4 Å². The number of hydrogen-bond acceptors (Lipinski definition) is 5. The third kappa shape index (κ3) is 3.45. The van der Waals surface area contributed by atoms with Gasteiger partial charge in [0.2, 0.25) is 0 Å². The lowest BCUT2D eigenvalue weighted by atomic mass is 10.1. The summed E-state index contributed by atoms with van der Waals surface area (Å²) in [5, 5.41) is 3.97. The van der Waals surface area contributed by atoms with Crippen molar-refractivity contribution in [2.45, 2.75) is 11.8 Å². The summed E-state index contributed by atoms with van der Waals surface area (Å²) in [6, 6.07) is 13.5. The minimum absolute atomic E-state index is 0.165. The van der Waals surface area contributed by atoms with Crippen molar-refractivity contribution < 1.29 is 17.9 Å². The average molecular weight is 332 g/mol. The molecule has 0 saturated heterocycles. The van der Waals surface area contributed by atoms with Gasteiger partial charge in [-0.05, 0) is 37.3 Å². The largest absolute Gasteiger partial charge is 0.486 e. The molecule has 0 radical (unpaired) electrons. The first-order chi connectivity index (χ1) is 11.1. The highest BCUT2D eigenvalue weighted by molar-refractivity contribution is 7.89. The molecule has 0 fully saturated rings. The minimum atomic E-state index is -3.67. The van der Waals surface area contributed by atoms with Crippen molar-refractivity contribution in [3.8, 4) is 11.5 Å². The number of sulfonamides is 1. The molecule has 0 atom stereocenters. The fraction of sp³-hybridized carbons (Fsp3) is 0.188. The van der Waals surface area contributed by atoms with E-state index in [1.54, 1.807) is 37.3 Å². The molecule has 1 heterocycles. The molecule has 0 saturated carbocycles. The third-order valence-corrected chi connectivity index (χ3v) is 4.57. The second kappa shape index (κ2) is 6.29. The smallest absolute Gasteiger partial charge is 0.276 e. The van der Waals surface area contributed by atoms with Crippen LogP contribution in [0.3, 0.4) is 0 Å². The Bertz CT molecular complexity index is 832. The van der Waals surface area contributed by atoms with Crippen LogP contribution < -0.4 is 14.3 Å². The summed E-state index contributed by atoms with van der Waals surface area (Å²) in [6.07, 6.45) is 0. The van der Waals surface area contributed by atoms with E-state index < -0.39 is 10.0 Å². The molecular weight excluding hydrogens is 316 g/mol. The second-order valence-corrected chi connectivity index (χ2v) is 6.62. The van der Waals surface area contributed by atoms with Gasteiger partial charge in [-0.25, -0.2) is 0 Å². The first kappa shape index (κ1) is 15.4. The van der Waals surface area contributed by atoms with Gasteiger partial charge in [0.25, 0.3) is 10.0 Å². The number of fused-ring (bicyclic) bond motifs is 1. The Labute approximate surface area is 134 Å². The van der Waals surface area contributed by atoms with E-state index in [4.69, 9.17) is 9.47 Å². The molecule has 0 amide bonds. The summed E-state index contributed by atoms with van der Waals surface area (Å²) in [5.74, 6) is 1.31. The van der Waals surface area contributed by atoms with Crippen LogP contribution in [0.1, 0.15) is 12.5 Å². The normalized spacial score (nSPS) is 14.4. The van der Waals surface area contributed by atoms with E-state index in [2.05, 4.69) is 9.93 Å². The Hall–Kier alpha value is -2.54. The summed E-state index contributed by atoms with van der Waals surface area (Å²) in [6.45, 7) is 2.74. The lowest BCUT2D eigenvalue weighted by molar-refractivity contribution is 0.171. The molecule has 120 valence electrons. The summed E-state index contributed by atoms with van der Waals surface area (Å²) in [5.41, 5.74) is 1.28. The maximum absolute atomic E-state index is 12.1. The Morgan fingerprint density at radius 1 is 1.04 bits per heavy atom. The van der Waals surface area contributed by atoms with E-state index in [0.717, 1.165) is 5.56 Å². The van der Waals surface area contributed by atoms with Crippen LogP contribution in [0.5, 0.6) is 11.5 Å². The SMILES string of the molecule is CC(=NNS(=O)(=O)c1ccccc1)c1ccc2c(c1)OCCO2. The zero-order valence-corrected chi connectivity index (χ0v) is 13.3. The average Bonchev–Trinajstić information content (AvgIpc) is 2.60. The van der Waals surface area contributed by atoms with E-state index in [1.807, 2.05) is 6.07 Å². The monoisotopic (exact) mass is 332 g/mol. The Balaban J connectivity index is 1.80. The summed E-state index contributed by atoms with van der Waals surface area (Å²) in [7, 11) is -3.67. The van der Waals surface area contributed by atoms with Gasteiger partial charge in [0.15, 0.2) is 11.5 Å². The van der Waals surface area contributed by atoms with Gasteiger partial charge < -0.3 is 9.47 Å². The van der Waals surface area contributed by atoms with Crippen molar-refractivity contribution in [2.24, 2.45) is 5.10 Å². The van der Waals surface area contributed by atoms with Crippen molar-refractivity contribution in [3.05, 3.63) is 54.1 Å². The van der Waals surface area contributed by atoms with Crippen LogP contribution in [0.2, 0.25) is 0 Å². The maximum Gasteiger partial charge on any atom is 0.276 e. The molecule has 0 unspecified atom stereocenters. The molecule has 6 nitrogen and oxygen atoms in total. The molecule has 0 aromatic heterocycles. The van der Waals surface area contributed by atoms with Gasteiger partial charge in [0.05, 0.1) is 10.6 Å². The maximum atomic E-state index is 12.1. The highest BCUT2D eigenvalue weighted by Crippen LogP contribution is 2.30. The van der Waals surface area contributed by atoms with E-state index in [9.17, 15) is 8.42 Å². The van der Waals surface area contributed by atoms with Crippen LogP contribution in [0.4, 0.5) is 0 Å². The second-order valence-electron chi connectivity index (χ2n) is 4.96. The molecule has 1 aliphatic rings. The van der Waals surface area contributed by atoms with Gasteiger partial charge in [-0.15, -0.1) is 0 Å². The zero-order chi connectivity index (χ0) is 16.3. The highest BCUT2D eigenvalue weighted by Gasteiger charge is 2.14. The van der Waals surface area contributed by atoms with Crippen LogP contribution in [-0.4, -0.2) is 27.3 Å². The van der Waals surface area contributed by atoms with E-state index >= 15 is 0 Å². The number of hydrazone groups is 1. The van der Waals surface area contributed by atoms with Crippen LogP contribution in [0.25, 0.3) is 0 Å². The molecule has 2 aromatic carbocycles. The predicted molar refractivity (Wildman–Crippen MR) is 86.4 cm³/mol. The minimum Gasteiger partial charge on any atom is -0.486 e. The number of rotatable bonds is 4. The van der Waals surface area contributed by atoms with E-state index in [-0.39, 0.29) is 4.90 Å². The Morgan fingerprint density at radius 2 is 1.74 bits per heavy atom. The number of benzene rings is 2.